The van der Waals surface area contributed by atoms with Gasteiger partial charge in [0, 0.05) is 23.9 Å². The van der Waals surface area contributed by atoms with E-state index in [1.807, 2.05) is 23.1 Å². The summed E-state index contributed by atoms with van der Waals surface area (Å²) in [4.78, 5) is 58.9. The normalized spacial score (nSPS) is 22.4. The van der Waals surface area contributed by atoms with Gasteiger partial charge in [-0.25, -0.2) is 4.90 Å². The van der Waals surface area contributed by atoms with Crippen LogP contribution in [0.25, 0.3) is 0 Å². The Morgan fingerprint density at radius 3 is 2.51 bits per heavy atom. The molecule has 0 bridgehead atoms. The number of H-pyrrole nitrogens is 1. The second kappa shape index (κ2) is 10.5. The number of benzene rings is 2. The number of hydrogen-bond acceptors (Lipinski definition) is 8. The fourth-order valence-electron chi connectivity index (χ4n) is 5.54. The maximum absolute atomic E-state index is 13.9. The Kier molecular flexibility index (Phi) is 6.94. The predicted octanol–water partition coefficient (Wildman–Crippen LogP) is 3.63. The van der Waals surface area contributed by atoms with Gasteiger partial charge in [-0.05, 0) is 61.2 Å². The lowest BCUT2D eigenvalue weighted by atomic mass is 9.83. The number of imide groups is 1. The summed E-state index contributed by atoms with van der Waals surface area (Å²) in [7, 11) is 1.55. The van der Waals surface area contributed by atoms with Crippen LogP contribution in [-0.2, 0) is 14.4 Å². The highest BCUT2D eigenvalue weighted by atomic mass is 32.2. The lowest BCUT2D eigenvalue weighted by Crippen LogP contribution is -2.38. The number of thioether (sulfide) groups is 1. The van der Waals surface area contributed by atoms with Crippen molar-refractivity contribution in [2.24, 2.45) is 5.92 Å². The molecule has 3 atom stereocenters. The Balaban J connectivity index is 1.31. The standard InChI is InChI=1S/C28H27N3O6S2/c1-36-18-10-8-17(9-11-18)31-26(33)22-21(23-25(29-28(35)39-23)38-24(22)27(31)34)16-6-5-7-19(14-16)37-15-20(32)30-12-3-2-4-13-30/h5-11,14,21-22,24H,2-4,12-13,15H2,1H3,(H,29,35)/t21-,22-,24+/m0/s1. The number of methoxy groups -OCH3 is 1. The van der Waals surface area contributed by atoms with Crippen LogP contribution in [0.3, 0.4) is 0 Å². The molecule has 2 aromatic carbocycles. The average Bonchev–Trinajstić information content (AvgIpc) is 3.46. The van der Waals surface area contributed by atoms with E-state index in [9.17, 15) is 19.2 Å². The van der Waals surface area contributed by atoms with Crippen molar-refractivity contribution in [3.8, 4) is 11.5 Å². The summed E-state index contributed by atoms with van der Waals surface area (Å²) in [5.41, 5.74) is 1.23. The van der Waals surface area contributed by atoms with Crippen molar-refractivity contribution >= 4 is 46.5 Å². The van der Waals surface area contributed by atoms with Crippen LogP contribution in [0.5, 0.6) is 11.5 Å². The molecular weight excluding hydrogens is 538 g/mol. The molecule has 202 valence electrons. The maximum Gasteiger partial charge on any atom is 0.305 e. The number of ether oxygens (including phenoxy) is 2. The van der Waals surface area contributed by atoms with Crippen LogP contribution in [-0.4, -0.2) is 59.7 Å². The number of amides is 3. The fraction of sp³-hybridized carbons (Fsp3) is 0.357. The highest BCUT2D eigenvalue weighted by molar-refractivity contribution is 8.00. The third-order valence-electron chi connectivity index (χ3n) is 7.44. The van der Waals surface area contributed by atoms with E-state index in [0.717, 1.165) is 54.1 Å². The van der Waals surface area contributed by atoms with Gasteiger partial charge < -0.3 is 19.4 Å². The van der Waals surface area contributed by atoms with E-state index in [1.165, 1.54) is 16.7 Å². The number of likely N-dealkylation sites (tertiary alicyclic amines) is 1. The molecule has 2 saturated heterocycles. The minimum atomic E-state index is -0.700. The number of fused-ring (bicyclic) bond motifs is 2. The van der Waals surface area contributed by atoms with Gasteiger partial charge in [-0.1, -0.05) is 35.2 Å². The molecule has 0 unspecified atom stereocenters. The summed E-state index contributed by atoms with van der Waals surface area (Å²) in [6.07, 6.45) is 3.15. The predicted molar refractivity (Wildman–Crippen MR) is 148 cm³/mol. The number of thiazole rings is 1. The first-order chi connectivity index (χ1) is 18.9. The van der Waals surface area contributed by atoms with Crippen LogP contribution < -0.4 is 19.2 Å². The molecule has 9 nitrogen and oxygen atoms in total. The zero-order valence-electron chi connectivity index (χ0n) is 21.3. The van der Waals surface area contributed by atoms with Gasteiger partial charge in [0.25, 0.3) is 5.91 Å². The number of hydrogen-bond donors (Lipinski definition) is 1. The Hall–Kier alpha value is -3.57. The van der Waals surface area contributed by atoms with Crippen molar-refractivity contribution in [1.29, 1.82) is 0 Å². The molecule has 0 aliphatic carbocycles. The van der Waals surface area contributed by atoms with Crippen LogP contribution in [0.4, 0.5) is 5.69 Å². The number of aromatic nitrogens is 1. The van der Waals surface area contributed by atoms with E-state index < -0.39 is 17.1 Å². The molecule has 0 spiro atoms. The molecule has 3 amide bonds. The van der Waals surface area contributed by atoms with Gasteiger partial charge in [0.2, 0.25) is 11.8 Å². The van der Waals surface area contributed by atoms with Gasteiger partial charge in [-0.15, -0.1) is 0 Å². The van der Waals surface area contributed by atoms with Crippen molar-refractivity contribution in [2.75, 3.05) is 31.7 Å². The average molecular weight is 566 g/mol. The minimum Gasteiger partial charge on any atom is -0.497 e. The molecule has 3 aliphatic rings. The Bertz CT molecular complexity index is 1480. The molecule has 0 saturated carbocycles. The molecule has 1 N–H and O–H groups in total. The van der Waals surface area contributed by atoms with Crippen molar-refractivity contribution in [3.63, 3.8) is 0 Å². The molecular formula is C28H27N3O6S2. The van der Waals surface area contributed by atoms with E-state index in [2.05, 4.69) is 4.98 Å². The van der Waals surface area contributed by atoms with Crippen LogP contribution in [0, 0.1) is 5.92 Å². The van der Waals surface area contributed by atoms with E-state index in [4.69, 9.17) is 9.47 Å². The van der Waals surface area contributed by atoms with Crippen LogP contribution in [0.1, 0.15) is 35.6 Å². The van der Waals surface area contributed by atoms with Gasteiger partial charge in [-0.2, -0.15) is 0 Å². The maximum atomic E-state index is 13.9. The number of nitrogens with one attached hydrogen (secondary N) is 1. The SMILES string of the molecule is COc1ccc(N2C(=O)[C@H]3[C@H](c4cccc(OCC(=O)N5CCCCC5)c4)c4sc(=O)[nH]c4S[C@H]3C2=O)cc1. The van der Waals surface area contributed by atoms with E-state index in [0.29, 0.717) is 22.2 Å². The summed E-state index contributed by atoms with van der Waals surface area (Å²) in [6, 6.07) is 14.1. The van der Waals surface area contributed by atoms with Crippen LogP contribution in [0.15, 0.2) is 58.4 Å². The summed E-state index contributed by atoms with van der Waals surface area (Å²) < 4.78 is 11.1. The largest absolute Gasteiger partial charge is 0.497 e. The number of piperidine rings is 1. The highest BCUT2D eigenvalue weighted by Crippen LogP contribution is 2.53. The lowest BCUT2D eigenvalue weighted by Gasteiger charge is -2.30. The van der Waals surface area contributed by atoms with Crippen molar-refractivity contribution in [1.82, 2.24) is 9.88 Å². The van der Waals surface area contributed by atoms with Crippen molar-refractivity contribution in [2.45, 2.75) is 35.5 Å². The third kappa shape index (κ3) is 4.74. The van der Waals surface area contributed by atoms with Gasteiger partial charge in [-0.3, -0.25) is 19.2 Å². The molecule has 2 fully saturated rings. The second-order valence-corrected chi connectivity index (χ2v) is 11.9. The Morgan fingerprint density at radius 2 is 1.77 bits per heavy atom. The number of anilines is 1. The summed E-state index contributed by atoms with van der Waals surface area (Å²) in [6.45, 7) is 1.43. The lowest BCUT2D eigenvalue weighted by molar-refractivity contribution is -0.134. The van der Waals surface area contributed by atoms with Crippen LogP contribution in [0.2, 0.25) is 0 Å². The first-order valence-corrected chi connectivity index (χ1v) is 14.6. The molecule has 11 heteroatoms. The third-order valence-corrected chi connectivity index (χ3v) is 9.84. The van der Waals surface area contributed by atoms with E-state index in [-0.39, 0.29) is 29.2 Å². The molecule has 4 heterocycles. The summed E-state index contributed by atoms with van der Waals surface area (Å²) >= 11 is 2.29. The first-order valence-electron chi connectivity index (χ1n) is 12.9. The minimum absolute atomic E-state index is 0.0490. The summed E-state index contributed by atoms with van der Waals surface area (Å²) in [5.74, 6) is -0.774. The zero-order valence-corrected chi connectivity index (χ0v) is 22.9. The molecule has 39 heavy (non-hydrogen) atoms. The number of rotatable bonds is 6. The second-order valence-electron chi connectivity index (χ2n) is 9.76. The van der Waals surface area contributed by atoms with E-state index in [1.54, 1.807) is 37.4 Å². The van der Waals surface area contributed by atoms with Crippen molar-refractivity contribution < 1.29 is 23.9 Å². The summed E-state index contributed by atoms with van der Waals surface area (Å²) in [5, 5.41) is -0.0758. The molecule has 6 rings (SSSR count). The smallest absolute Gasteiger partial charge is 0.305 e. The molecule has 0 radical (unpaired) electrons. The molecule has 3 aliphatic heterocycles. The van der Waals surface area contributed by atoms with E-state index >= 15 is 0 Å². The number of nitrogens with zero attached hydrogens (tertiary/aromatic N) is 2. The molecule has 1 aromatic heterocycles. The van der Waals surface area contributed by atoms with Gasteiger partial charge in [0.05, 0.1) is 23.7 Å². The van der Waals surface area contributed by atoms with Crippen LogP contribution >= 0.6 is 23.1 Å². The Labute approximate surface area is 233 Å². The van der Waals surface area contributed by atoms with Crippen molar-refractivity contribution in [3.05, 3.63) is 68.6 Å². The van der Waals surface area contributed by atoms with Gasteiger partial charge in [0.1, 0.15) is 16.7 Å². The number of aromatic amines is 1. The van der Waals surface area contributed by atoms with Gasteiger partial charge in [0.15, 0.2) is 6.61 Å². The number of carbonyl (C=O) groups is 3. The Morgan fingerprint density at radius 1 is 1.00 bits per heavy atom. The first kappa shape index (κ1) is 25.7. The van der Waals surface area contributed by atoms with Gasteiger partial charge >= 0.3 is 4.87 Å². The molecule has 3 aromatic rings. The number of carbonyl (C=O) groups excluding carboxylic acids is 3. The zero-order chi connectivity index (χ0) is 27.1. The monoisotopic (exact) mass is 565 g/mol. The fourth-order valence-corrected chi connectivity index (χ4v) is 8.05. The topological polar surface area (TPSA) is 109 Å². The quantitative estimate of drug-likeness (QED) is 0.455. The highest BCUT2D eigenvalue weighted by Gasteiger charge is 2.56.